The number of alkyl carbamates (subject to hydrolysis) is 1. The number of nitrogens with two attached hydrogens (primary N) is 2. The zero-order valence-corrected chi connectivity index (χ0v) is 67.2. The highest BCUT2D eigenvalue weighted by Gasteiger charge is 2.51. The molecule has 100 heavy (non-hydrogen) atoms. The van der Waals surface area contributed by atoms with Crippen LogP contribution < -0.4 is 16.8 Å². The van der Waals surface area contributed by atoms with Crippen molar-refractivity contribution >= 4 is 45.1 Å². The predicted octanol–water partition coefficient (Wildman–Crippen LogP) is 18.1. The van der Waals surface area contributed by atoms with Crippen LogP contribution in [0.4, 0.5) is 4.79 Å². The van der Waals surface area contributed by atoms with E-state index in [2.05, 4.69) is 141 Å². The van der Waals surface area contributed by atoms with Crippen molar-refractivity contribution in [2.45, 2.75) is 328 Å². The van der Waals surface area contributed by atoms with E-state index >= 15 is 0 Å². The molecular weight excluding hydrogens is 1280 g/mol. The molecule has 0 bridgehead atoms. The number of aromatic nitrogens is 5. The monoisotopic (exact) mass is 1420 g/mol. The second kappa shape index (κ2) is 44.3. The molecule has 2 aliphatic heterocycles. The first-order valence-corrected chi connectivity index (χ1v) is 41.6. The topological polar surface area (TPSA) is 307 Å². The molecule has 0 unspecified atom stereocenters. The van der Waals surface area contributed by atoms with Crippen molar-refractivity contribution in [1.29, 1.82) is 5.41 Å². The average molecular weight is 1420 g/mol. The number of imidazole rings is 1. The molecule has 8 fully saturated rings. The van der Waals surface area contributed by atoms with Crippen LogP contribution in [-0.2, 0) is 33.8 Å². The first-order chi connectivity index (χ1) is 46.8. The highest BCUT2D eigenvalue weighted by molar-refractivity contribution is 7.91. The zero-order valence-electron chi connectivity index (χ0n) is 66.4. The number of ketones is 2. The van der Waals surface area contributed by atoms with Gasteiger partial charge in [0.1, 0.15) is 39.2 Å². The lowest BCUT2D eigenvalue weighted by atomic mass is 9.73. The summed E-state index contributed by atoms with van der Waals surface area (Å²) in [4.78, 5) is 67.0. The first-order valence-electron chi connectivity index (χ1n) is 39.8. The molecule has 8 aliphatic rings. The fourth-order valence-corrected chi connectivity index (χ4v) is 17.7. The third-order valence-electron chi connectivity index (χ3n) is 25.0. The normalized spacial score (nSPS) is 28.3. The molecular formula is C81H147N9O9S. The van der Waals surface area contributed by atoms with Crippen LogP contribution in [0.5, 0.6) is 0 Å². The van der Waals surface area contributed by atoms with Gasteiger partial charge in [-0.1, -0.05) is 118 Å². The van der Waals surface area contributed by atoms with E-state index in [0.29, 0.717) is 126 Å². The molecule has 576 valence electrons. The molecule has 1 atom stereocenters. The zero-order chi connectivity index (χ0) is 75.2. The number of carbonyl (C=O) groups excluding carboxylic acids is 5. The van der Waals surface area contributed by atoms with Crippen LogP contribution in [0.15, 0.2) is 18.7 Å². The first kappa shape index (κ1) is 89.7. The standard InChI is InChI=1S/C12H20N2.C11H19N3.C11H17NO3.C11H20O2.C11H20O.C10H20N2.C8H16O2S.C7H15NO/c1-9(2)10-3-5-11(6-4-10)12-13-7-8-14-12;1-8(2)9-3-5-10(6-4-9)11-12-7-13-14-11;1-7(2)8-3-5-11(6-4-8)9(13)12-10(14)15-11;1-8(2)10-4-6-11(13,7-5-10)9(3)12;1-8(2)10-4-6-11(7-5-10)9(3)12;1-7(2)8-3-5-9(6-4-8)10(11)12;1-7(2)8-3-5-11(9,10)6-4-8;1-5(2)6(3)4-7(8)9/h7-11H,3-6H2,1-2H3,(H,13,14);7-10H,3-6H2,1-2H3,(H,12,13,14);7-8H,3-6H2,1-2H3,(H,12,13,14);8,10,13H,4-7H2,1-3H3;8,10-11H,4-7H2,1-3H3;7-9H,3-6H2,1-2H3,(H3,11,12);7-8H,3-6H2,1-2H3;5-6H,4H2,1-3H3,(H2,8,9)/t;;;;;;;6-/m.......0/s1. The van der Waals surface area contributed by atoms with E-state index in [9.17, 15) is 37.5 Å². The van der Waals surface area contributed by atoms with Crippen molar-refractivity contribution in [1.82, 2.24) is 30.5 Å². The van der Waals surface area contributed by atoms with Crippen LogP contribution in [0.3, 0.4) is 0 Å². The van der Waals surface area contributed by atoms with Crippen molar-refractivity contribution in [2.24, 2.45) is 118 Å². The number of ether oxygens (including phenoxy) is 1. The summed E-state index contributed by atoms with van der Waals surface area (Å²) in [5.74, 6) is 17.4. The SMILES string of the molecule is CC(=O)C1(O)CCC(C(C)C)CC1.CC(=O)C1CCC(C(C)C)CC1.CC(C)C1CCC(C(=N)N)CC1.CC(C)C1CCC(c2ncc[nH]2)CC1.CC(C)C1CCC(c2ncn[nH]2)CC1.CC(C)C1CCC2(CC1)OC(=O)NC2=O.CC(C)C1CCS(=O)(=O)CC1.CC(C)[C@@H](C)CC(N)=O. The Balaban J connectivity index is 0.000000299. The maximum atomic E-state index is 11.6. The van der Waals surface area contributed by atoms with Gasteiger partial charge >= 0.3 is 6.09 Å². The summed E-state index contributed by atoms with van der Waals surface area (Å²) in [6.07, 6.45) is 33.9. The van der Waals surface area contributed by atoms with Crippen LogP contribution in [0.25, 0.3) is 0 Å². The van der Waals surface area contributed by atoms with Crippen molar-refractivity contribution in [3.05, 3.63) is 30.4 Å². The minimum atomic E-state index is -2.65. The number of nitrogens with zero attached hydrogens (tertiary/aromatic N) is 3. The third kappa shape index (κ3) is 31.8. The van der Waals surface area contributed by atoms with Gasteiger partial charge in [-0.25, -0.2) is 23.2 Å². The summed E-state index contributed by atoms with van der Waals surface area (Å²) >= 11 is 0. The Morgan fingerprint density at radius 2 is 0.910 bits per heavy atom. The minimum Gasteiger partial charge on any atom is -0.432 e. The Bertz CT molecular complexity index is 2620. The molecule has 0 aromatic carbocycles. The second-order valence-electron chi connectivity index (χ2n) is 34.5. The number of H-pyrrole nitrogens is 2. The number of Topliss-reactive ketones (excluding diaryl/α,β-unsaturated/α-hetero) is 2. The number of nitrogens with one attached hydrogen (secondary N) is 4. The Kier molecular flexibility index (Phi) is 39.8. The number of rotatable bonds is 15. The van der Waals surface area contributed by atoms with Crippen LogP contribution in [0, 0.1) is 112 Å². The molecule has 4 heterocycles. The number of imide groups is 1. The van der Waals surface area contributed by atoms with E-state index in [0.717, 1.165) is 117 Å². The van der Waals surface area contributed by atoms with Crippen molar-refractivity contribution in [3.63, 3.8) is 0 Å². The molecule has 0 radical (unpaired) electrons. The molecule has 18 nitrogen and oxygen atoms in total. The summed E-state index contributed by atoms with van der Waals surface area (Å²) in [6, 6.07) is 0. The molecule has 1 spiro atoms. The number of hydrogen-bond acceptors (Lipinski definition) is 13. The molecule has 2 saturated heterocycles. The van der Waals surface area contributed by atoms with E-state index in [1.807, 2.05) is 19.3 Å². The maximum absolute atomic E-state index is 11.6. The Morgan fingerprint density at radius 1 is 0.540 bits per heavy atom. The van der Waals surface area contributed by atoms with Crippen molar-refractivity contribution in [2.75, 3.05) is 11.5 Å². The maximum Gasteiger partial charge on any atom is 0.415 e. The number of carbonyl (C=O) groups is 5. The predicted molar refractivity (Wildman–Crippen MR) is 408 cm³/mol. The van der Waals surface area contributed by atoms with Gasteiger partial charge in [-0.05, 0) is 275 Å². The fraction of sp³-hybridized carbons (Fsp3) is 0.864. The summed E-state index contributed by atoms with van der Waals surface area (Å²) in [6.45, 7) is 41.1. The van der Waals surface area contributed by atoms with Gasteiger partial charge in [0.2, 0.25) is 5.91 Å². The summed E-state index contributed by atoms with van der Waals surface area (Å²) in [5, 5.41) is 26.4. The van der Waals surface area contributed by atoms with Crippen molar-refractivity contribution < 1.29 is 42.2 Å². The highest BCUT2D eigenvalue weighted by Crippen LogP contribution is 2.42. The highest BCUT2D eigenvalue weighted by atomic mass is 32.2. The molecule has 2 aromatic heterocycles. The number of aromatic amines is 2. The van der Waals surface area contributed by atoms with Crippen LogP contribution >= 0.6 is 0 Å². The van der Waals surface area contributed by atoms with Crippen LogP contribution in [0.1, 0.15) is 328 Å². The van der Waals surface area contributed by atoms with Gasteiger partial charge in [0.25, 0.3) is 5.91 Å². The minimum absolute atomic E-state index is 0.0605. The molecule has 3 amide bonds. The Labute approximate surface area is 608 Å². The largest absolute Gasteiger partial charge is 0.432 e. The lowest BCUT2D eigenvalue weighted by molar-refractivity contribution is -0.139. The third-order valence-corrected chi connectivity index (χ3v) is 26.7. The molecule has 9 N–H and O–H groups in total. The lowest BCUT2D eigenvalue weighted by Gasteiger charge is -2.35. The van der Waals surface area contributed by atoms with Gasteiger partial charge in [-0.2, -0.15) is 5.10 Å². The van der Waals surface area contributed by atoms with Gasteiger partial charge in [0, 0.05) is 42.5 Å². The van der Waals surface area contributed by atoms with Crippen LogP contribution in [-0.4, -0.2) is 96.7 Å². The van der Waals surface area contributed by atoms with E-state index in [4.69, 9.17) is 21.6 Å². The molecule has 10 rings (SSSR count). The Morgan fingerprint density at radius 3 is 1.21 bits per heavy atom. The number of amidine groups is 1. The average Bonchev–Trinajstić information content (AvgIpc) is 1.62. The molecule has 6 saturated carbocycles. The fourth-order valence-electron chi connectivity index (χ4n) is 16.1. The lowest BCUT2D eigenvalue weighted by Crippen LogP contribution is -2.43. The van der Waals surface area contributed by atoms with Gasteiger partial charge in [0.15, 0.2) is 11.4 Å². The summed E-state index contributed by atoms with van der Waals surface area (Å²) in [5.41, 5.74) is 8.64. The number of aliphatic hydroxyl groups is 1. The van der Waals surface area contributed by atoms with Gasteiger partial charge in [-0.3, -0.25) is 35.0 Å². The van der Waals surface area contributed by atoms with E-state index < -0.39 is 27.1 Å². The second-order valence-corrected chi connectivity index (χ2v) is 36.9. The molecule has 19 heteroatoms. The summed E-state index contributed by atoms with van der Waals surface area (Å²) in [7, 11) is -2.65. The number of amides is 3. The number of primary amides is 1. The van der Waals surface area contributed by atoms with E-state index in [1.165, 1.54) is 89.8 Å². The smallest absolute Gasteiger partial charge is 0.415 e. The summed E-state index contributed by atoms with van der Waals surface area (Å²) < 4.78 is 27.2. The quantitative estimate of drug-likeness (QED) is 0.0645. The molecule has 6 aliphatic carbocycles. The van der Waals surface area contributed by atoms with Crippen LogP contribution in [0.2, 0.25) is 0 Å². The van der Waals surface area contributed by atoms with Gasteiger partial charge in [0.05, 0.1) is 17.3 Å². The Hall–Kier alpha value is -4.52. The van der Waals surface area contributed by atoms with Gasteiger partial charge in [-0.15, -0.1) is 0 Å². The van der Waals surface area contributed by atoms with Crippen molar-refractivity contribution in [3.8, 4) is 0 Å². The van der Waals surface area contributed by atoms with E-state index in [-0.39, 0.29) is 17.6 Å². The number of sulfone groups is 1. The van der Waals surface area contributed by atoms with Gasteiger partial charge < -0.3 is 26.3 Å². The van der Waals surface area contributed by atoms with E-state index in [1.54, 1.807) is 13.3 Å². The molecule has 2 aromatic rings. The number of hydrogen-bond donors (Lipinski definition) is 7.